The molecule has 4 N–H and O–H groups in total. The lowest BCUT2D eigenvalue weighted by atomic mass is 10.0. The van der Waals surface area contributed by atoms with E-state index in [9.17, 15) is 19.5 Å². The van der Waals surface area contributed by atoms with Crippen molar-refractivity contribution in [3.8, 4) is 0 Å². The molecule has 0 saturated carbocycles. The van der Waals surface area contributed by atoms with Crippen molar-refractivity contribution < 1.29 is 9.90 Å². The highest BCUT2D eigenvalue weighted by molar-refractivity contribution is 5.93. The van der Waals surface area contributed by atoms with Gasteiger partial charge in [0.15, 0.2) is 0 Å². The fourth-order valence-corrected chi connectivity index (χ4v) is 4.07. The van der Waals surface area contributed by atoms with Crippen molar-refractivity contribution in [2.45, 2.75) is 19.0 Å². The van der Waals surface area contributed by atoms with Crippen LogP contribution >= 0.6 is 0 Å². The van der Waals surface area contributed by atoms with Gasteiger partial charge in [-0.1, -0.05) is 42.5 Å². The van der Waals surface area contributed by atoms with E-state index in [1.165, 1.54) is 0 Å². The molecule has 5 aromatic rings. The fraction of sp³-hybridized carbons (Fsp3) is 0.107. The number of carboxylic acids is 1. The first kappa shape index (κ1) is 23.7. The van der Waals surface area contributed by atoms with Crippen LogP contribution in [-0.2, 0) is 17.8 Å². The Morgan fingerprint density at radius 1 is 0.838 bits per heavy atom. The molecule has 0 aliphatic rings. The molecule has 37 heavy (non-hydrogen) atoms. The summed E-state index contributed by atoms with van der Waals surface area (Å²) in [5.41, 5.74) is 0.868. The summed E-state index contributed by atoms with van der Waals surface area (Å²) in [6.45, 7) is 0.234. The van der Waals surface area contributed by atoms with Crippen molar-refractivity contribution in [2.24, 2.45) is 0 Å². The lowest BCUT2D eigenvalue weighted by molar-refractivity contribution is -0.137. The van der Waals surface area contributed by atoms with E-state index in [1.54, 1.807) is 24.5 Å². The van der Waals surface area contributed by atoms with Gasteiger partial charge in [-0.3, -0.25) is 14.6 Å². The molecule has 0 aliphatic heterocycles. The number of nitrogens with one attached hydrogen (secondary N) is 3. The maximum absolute atomic E-state index is 12.2. The van der Waals surface area contributed by atoms with Gasteiger partial charge in [0.1, 0.15) is 23.2 Å². The lowest BCUT2D eigenvalue weighted by Gasteiger charge is -2.20. The third kappa shape index (κ3) is 5.15. The highest BCUT2D eigenvalue weighted by Crippen LogP contribution is 2.25. The SMILES string of the molecule is O=C(O)C(Cc1ccc(Nc2nccc3ccccc23)cc1)Nc1c(NCc2ccccn2)c(=O)c1=O. The Kier molecular flexibility index (Phi) is 6.58. The third-order valence-electron chi connectivity index (χ3n) is 6.03. The normalized spacial score (nSPS) is 11.8. The average Bonchev–Trinajstić information content (AvgIpc) is 2.93. The number of aliphatic carboxylic acids is 1. The van der Waals surface area contributed by atoms with E-state index >= 15 is 0 Å². The molecule has 9 heteroatoms. The molecule has 184 valence electrons. The van der Waals surface area contributed by atoms with Crippen LogP contribution in [0.15, 0.2) is 94.8 Å². The largest absolute Gasteiger partial charge is 0.480 e. The van der Waals surface area contributed by atoms with Crippen LogP contribution in [0.3, 0.4) is 0 Å². The molecule has 5 rings (SSSR count). The Morgan fingerprint density at radius 2 is 1.59 bits per heavy atom. The molecule has 2 heterocycles. The molecule has 2 aromatic heterocycles. The van der Waals surface area contributed by atoms with Crippen molar-refractivity contribution in [3.63, 3.8) is 0 Å². The van der Waals surface area contributed by atoms with Gasteiger partial charge in [0.25, 0.3) is 10.9 Å². The van der Waals surface area contributed by atoms with Gasteiger partial charge in [-0.2, -0.15) is 0 Å². The fourth-order valence-electron chi connectivity index (χ4n) is 4.07. The maximum atomic E-state index is 12.2. The summed E-state index contributed by atoms with van der Waals surface area (Å²) in [6, 6.07) is 21.4. The second-order valence-corrected chi connectivity index (χ2v) is 8.52. The Balaban J connectivity index is 1.27. The number of benzene rings is 2. The zero-order chi connectivity index (χ0) is 25.8. The quantitative estimate of drug-likeness (QED) is 0.215. The van der Waals surface area contributed by atoms with Gasteiger partial charge < -0.3 is 21.1 Å². The molecule has 0 amide bonds. The Morgan fingerprint density at radius 3 is 2.35 bits per heavy atom. The Labute approximate surface area is 211 Å². The van der Waals surface area contributed by atoms with Gasteiger partial charge in [0.05, 0.1) is 12.2 Å². The van der Waals surface area contributed by atoms with Crippen molar-refractivity contribution in [2.75, 3.05) is 16.0 Å². The molecule has 1 unspecified atom stereocenters. The minimum Gasteiger partial charge on any atom is -0.480 e. The van der Waals surface area contributed by atoms with Crippen molar-refractivity contribution in [1.29, 1.82) is 0 Å². The van der Waals surface area contributed by atoms with Gasteiger partial charge >= 0.3 is 5.97 Å². The average molecular weight is 494 g/mol. The van der Waals surface area contributed by atoms with Gasteiger partial charge in [-0.25, -0.2) is 9.78 Å². The van der Waals surface area contributed by atoms with Crippen molar-refractivity contribution >= 4 is 39.6 Å². The molecule has 1 atom stereocenters. The number of carbonyl (C=O) groups is 1. The molecule has 0 radical (unpaired) electrons. The maximum Gasteiger partial charge on any atom is 0.326 e. The lowest BCUT2D eigenvalue weighted by Crippen LogP contribution is -2.42. The summed E-state index contributed by atoms with van der Waals surface area (Å²) in [7, 11) is 0. The molecular formula is C28H23N5O4. The number of hydrogen-bond acceptors (Lipinski definition) is 8. The molecule has 9 nitrogen and oxygen atoms in total. The van der Waals surface area contributed by atoms with Gasteiger partial charge in [-0.05, 0) is 41.3 Å². The second-order valence-electron chi connectivity index (χ2n) is 8.52. The molecular weight excluding hydrogens is 470 g/mol. The van der Waals surface area contributed by atoms with Crippen LogP contribution in [0.1, 0.15) is 11.3 Å². The van der Waals surface area contributed by atoms with E-state index in [4.69, 9.17) is 0 Å². The summed E-state index contributed by atoms with van der Waals surface area (Å²) in [5.74, 6) is -0.410. The standard InChI is InChI=1S/C28H23N5O4/c34-25-23(31-16-20-6-3-4-13-29-20)24(26(25)35)33-22(28(36)37)15-17-8-10-19(11-9-17)32-27-21-7-2-1-5-18(21)12-14-30-27/h1-14,22,31,33H,15-16H2,(H,30,32)(H,36,37). The molecule has 0 spiro atoms. The zero-order valence-corrected chi connectivity index (χ0v) is 19.6. The van der Waals surface area contributed by atoms with E-state index in [1.807, 2.05) is 60.7 Å². The predicted molar refractivity (Wildman–Crippen MR) is 143 cm³/mol. The van der Waals surface area contributed by atoms with Crippen LogP contribution in [0.2, 0.25) is 0 Å². The van der Waals surface area contributed by atoms with E-state index < -0.39 is 22.9 Å². The van der Waals surface area contributed by atoms with Crippen LogP contribution in [0.5, 0.6) is 0 Å². The van der Waals surface area contributed by atoms with E-state index in [2.05, 4.69) is 25.9 Å². The van der Waals surface area contributed by atoms with Gasteiger partial charge in [0, 0.05) is 29.9 Å². The number of anilines is 4. The third-order valence-corrected chi connectivity index (χ3v) is 6.03. The number of nitrogens with zero attached hydrogens (tertiary/aromatic N) is 2. The van der Waals surface area contributed by atoms with Gasteiger partial charge in [0.2, 0.25) is 0 Å². The Hall–Kier alpha value is -5.05. The molecule has 0 fully saturated rings. The van der Waals surface area contributed by atoms with E-state index in [-0.39, 0.29) is 24.3 Å². The van der Waals surface area contributed by atoms with E-state index in [0.29, 0.717) is 5.69 Å². The van der Waals surface area contributed by atoms with Gasteiger partial charge in [-0.15, -0.1) is 0 Å². The number of hydrogen-bond donors (Lipinski definition) is 4. The predicted octanol–water partition coefficient (Wildman–Crippen LogP) is 3.69. The molecule has 3 aromatic carbocycles. The number of carboxylic acid groups (broad SMARTS) is 1. The minimum atomic E-state index is -1.13. The summed E-state index contributed by atoms with van der Waals surface area (Å²) >= 11 is 0. The second kappa shape index (κ2) is 10.3. The molecule has 0 bridgehead atoms. The monoisotopic (exact) mass is 493 g/mol. The van der Waals surface area contributed by atoms with Crippen LogP contribution < -0.4 is 26.8 Å². The first-order valence-electron chi connectivity index (χ1n) is 11.7. The number of fused-ring (bicyclic) bond motifs is 1. The topological polar surface area (TPSA) is 133 Å². The minimum absolute atomic E-state index is 0.0198. The molecule has 0 saturated heterocycles. The van der Waals surface area contributed by atoms with Crippen LogP contribution in [0.25, 0.3) is 10.8 Å². The molecule has 0 aliphatic carbocycles. The first-order chi connectivity index (χ1) is 18.0. The van der Waals surface area contributed by atoms with E-state index in [0.717, 1.165) is 27.8 Å². The smallest absolute Gasteiger partial charge is 0.326 e. The zero-order valence-electron chi connectivity index (χ0n) is 19.6. The number of aromatic nitrogens is 2. The highest BCUT2D eigenvalue weighted by Gasteiger charge is 2.26. The summed E-state index contributed by atoms with van der Waals surface area (Å²) in [4.78, 5) is 44.8. The summed E-state index contributed by atoms with van der Waals surface area (Å²) < 4.78 is 0. The Bertz CT molecular complexity index is 1620. The first-order valence-corrected chi connectivity index (χ1v) is 11.7. The number of pyridine rings is 2. The number of rotatable bonds is 10. The van der Waals surface area contributed by atoms with Crippen LogP contribution in [0, 0.1) is 0 Å². The summed E-state index contributed by atoms with van der Waals surface area (Å²) in [6.07, 6.45) is 3.47. The van der Waals surface area contributed by atoms with Crippen molar-refractivity contribution in [3.05, 3.63) is 117 Å². The highest BCUT2D eigenvalue weighted by atomic mass is 16.4. The van der Waals surface area contributed by atoms with Crippen molar-refractivity contribution in [1.82, 2.24) is 9.97 Å². The summed E-state index contributed by atoms with van der Waals surface area (Å²) in [5, 5.41) is 20.8. The van der Waals surface area contributed by atoms with Crippen LogP contribution in [0.4, 0.5) is 22.9 Å². The van der Waals surface area contributed by atoms with Crippen LogP contribution in [-0.4, -0.2) is 27.1 Å².